The van der Waals surface area contributed by atoms with Gasteiger partial charge in [-0.25, -0.2) is 0 Å². The zero-order valence-electron chi connectivity index (χ0n) is 13.7. The average Bonchev–Trinajstić information content (AvgIpc) is 2.62. The molecule has 0 saturated heterocycles. The maximum Gasteiger partial charge on any atom is 0.207 e. The Morgan fingerprint density at radius 2 is 1.79 bits per heavy atom. The van der Waals surface area contributed by atoms with Crippen molar-refractivity contribution in [1.82, 2.24) is 0 Å². The lowest BCUT2D eigenvalue weighted by Gasteiger charge is -2.27. The minimum absolute atomic E-state index is 0.115. The van der Waals surface area contributed by atoms with E-state index in [0.29, 0.717) is 0 Å². The Morgan fingerprint density at radius 1 is 1.08 bits per heavy atom. The van der Waals surface area contributed by atoms with Crippen LogP contribution in [0, 0.1) is 0 Å². The fraction of sp³-hybridized carbons (Fsp3) is 0.278. The summed E-state index contributed by atoms with van der Waals surface area (Å²) >= 11 is 0. The number of benzene rings is 2. The van der Waals surface area contributed by atoms with Crippen LogP contribution in [0.3, 0.4) is 0 Å². The summed E-state index contributed by atoms with van der Waals surface area (Å²) in [4.78, 5) is 12.5. The number of Topliss-reactive ketones (excluding diaryl/α,β-unsaturated/α-hetero) is 1. The summed E-state index contributed by atoms with van der Waals surface area (Å²) in [5.41, 5.74) is 1.11. The number of hydrogen-bond acceptors (Lipinski definition) is 6. The molecule has 0 amide bonds. The van der Waals surface area contributed by atoms with E-state index in [9.17, 15) is 9.90 Å². The predicted molar refractivity (Wildman–Crippen MR) is 86.5 cm³/mol. The van der Waals surface area contributed by atoms with Crippen LogP contribution >= 0.6 is 0 Å². The van der Waals surface area contributed by atoms with Crippen LogP contribution in [0.25, 0.3) is 0 Å². The second-order valence-corrected chi connectivity index (χ2v) is 5.34. The number of carbonyl (C=O) groups excluding carboxylic acids is 1. The molecule has 1 unspecified atom stereocenters. The third-order valence-corrected chi connectivity index (χ3v) is 4.02. The summed E-state index contributed by atoms with van der Waals surface area (Å²) < 4.78 is 21.3. The number of methoxy groups -OCH3 is 3. The number of rotatable bonds is 4. The van der Waals surface area contributed by atoms with Crippen LogP contribution in [0.15, 0.2) is 30.3 Å². The molecule has 3 rings (SSSR count). The van der Waals surface area contributed by atoms with Gasteiger partial charge in [-0.15, -0.1) is 0 Å². The highest BCUT2D eigenvalue weighted by Crippen LogP contribution is 2.50. The van der Waals surface area contributed by atoms with Gasteiger partial charge in [-0.1, -0.05) is 12.1 Å². The van der Waals surface area contributed by atoms with Gasteiger partial charge in [0.2, 0.25) is 11.5 Å². The number of aromatic hydroxyl groups is 1. The molecule has 1 atom stereocenters. The van der Waals surface area contributed by atoms with Gasteiger partial charge in [0.15, 0.2) is 17.3 Å². The van der Waals surface area contributed by atoms with E-state index >= 15 is 0 Å². The molecule has 0 saturated carbocycles. The summed E-state index contributed by atoms with van der Waals surface area (Å²) in [6, 6.07) is 8.79. The number of ether oxygens (including phenoxy) is 4. The summed E-state index contributed by atoms with van der Waals surface area (Å²) in [5.74, 6) is 0.889. The molecule has 0 bridgehead atoms. The molecule has 1 heterocycles. The van der Waals surface area contributed by atoms with Crippen molar-refractivity contribution in [3.05, 3.63) is 41.5 Å². The minimum atomic E-state index is -0.486. The van der Waals surface area contributed by atoms with E-state index in [1.807, 2.05) is 12.1 Å². The SMILES string of the molecule is COc1ccc(C2CC(=O)c3cc(OC)c(OC)c(O)c3O2)cc1. The molecule has 0 spiro atoms. The Bertz CT molecular complexity index is 766. The molecular formula is C18H18O6. The van der Waals surface area contributed by atoms with Gasteiger partial charge in [-0.3, -0.25) is 4.79 Å². The van der Waals surface area contributed by atoms with Crippen molar-refractivity contribution in [1.29, 1.82) is 0 Å². The summed E-state index contributed by atoms with van der Waals surface area (Å²) in [6.07, 6.45) is -0.311. The van der Waals surface area contributed by atoms with Crippen LogP contribution in [0.4, 0.5) is 0 Å². The Balaban J connectivity index is 2.01. The second kappa shape index (κ2) is 6.31. The normalized spacial score (nSPS) is 16.1. The Morgan fingerprint density at radius 3 is 2.38 bits per heavy atom. The van der Waals surface area contributed by atoms with Gasteiger partial charge < -0.3 is 24.1 Å². The van der Waals surface area contributed by atoms with Crippen molar-refractivity contribution in [2.24, 2.45) is 0 Å². The average molecular weight is 330 g/mol. The molecule has 6 nitrogen and oxygen atoms in total. The second-order valence-electron chi connectivity index (χ2n) is 5.34. The summed E-state index contributed by atoms with van der Waals surface area (Å²) in [7, 11) is 4.44. The topological polar surface area (TPSA) is 74.2 Å². The molecule has 1 N–H and O–H groups in total. The number of hydrogen-bond donors (Lipinski definition) is 1. The number of ketones is 1. The Hall–Kier alpha value is -2.89. The molecule has 0 radical (unpaired) electrons. The van der Waals surface area contributed by atoms with Crippen LogP contribution in [-0.2, 0) is 0 Å². The molecular weight excluding hydrogens is 312 g/mol. The highest BCUT2D eigenvalue weighted by atomic mass is 16.5. The largest absolute Gasteiger partial charge is 0.502 e. The van der Waals surface area contributed by atoms with E-state index < -0.39 is 6.10 Å². The van der Waals surface area contributed by atoms with E-state index in [-0.39, 0.29) is 40.8 Å². The van der Waals surface area contributed by atoms with Crippen molar-refractivity contribution in [2.75, 3.05) is 21.3 Å². The molecule has 2 aromatic carbocycles. The summed E-state index contributed by atoms with van der Waals surface area (Å²) in [5, 5.41) is 10.4. The zero-order chi connectivity index (χ0) is 17.3. The zero-order valence-corrected chi connectivity index (χ0v) is 13.7. The maximum atomic E-state index is 12.5. The minimum Gasteiger partial charge on any atom is -0.502 e. The molecule has 0 aromatic heterocycles. The van der Waals surface area contributed by atoms with Crippen molar-refractivity contribution in [2.45, 2.75) is 12.5 Å². The van der Waals surface area contributed by atoms with E-state index in [1.54, 1.807) is 19.2 Å². The lowest BCUT2D eigenvalue weighted by molar-refractivity contribution is 0.0840. The summed E-state index contributed by atoms with van der Waals surface area (Å²) in [6.45, 7) is 0. The lowest BCUT2D eigenvalue weighted by atomic mass is 9.95. The predicted octanol–water partition coefficient (Wildman–Crippen LogP) is 3.12. The van der Waals surface area contributed by atoms with Crippen LogP contribution in [0.2, 0.25) is 0 Å². The fourth-order valence-electron chi connectivity index (χ4n) is 2.75. The third-order valence-electron chi connectivity index (χ3n) is 4.02. The van der Waals surface area contributed by atoms with Gasteiger partial charge in [-0.05, 0) is 23.8 Å². The molecule has 0 aliphatic carbocycles. The number of phenolic OH excluding ortho intramolecular Hbond substituents is 1. The van der Waals surface area contributed by atoms with E-state index in [0.717, 1.165) is 11.3 Å². The highest BCUT2D eigenvalue weighted by molar-refractivity contribution is 6.02. The standard InChI is InChI=1S/C18H18O6/c1-21-11-6-4-10(5-7-11)14-9-13(19)12-8-15(22-2)18(23-3)16(20)17(12)24-14/h4-8,14,20H,9H2,1-3H3. The van der Waals surface area contributed by atoms with Gasteiger partial charge in [-0.2, -0.15) is 0 Å². The number of carbonyl (C=O) groups is 1. The van der Waals surface area contributed by atoms with Crippen LogP contribution in [0.5, 0.6) is 28.7 Å². The monoisotopic (exact) mass is 330 g/mol. The third kappa shape index (κ3) is 2.60. The van der Waals surface area contributed by atoms with Crippen LogP contribution in [-0.4, -0.2) is 32.2 Å². The van der Waals surface area contributed by atoms with Crippen molar-refractivity contribution >= 4 is 5.78 Å². The fourth-order valence-corrected chi connectivity index (χ4v) is 2.75. The molecule has 1 aliphatic heterocycles. The first kappa shape index (κ1) is 16.0. The maximum absolute atomic E-state index is 12.5. The first-order chi connectivity index (χ1) is 11.6. The lowest BCUT2D eigenvalue weighted by Crippen LogP contribution is -2.20. The van der Waals surface area contributed by atoms with Crippen molar-refractivity contribution in [3.63, 3.8) is 0 Å². The van der Waals surface area contributed by atoms with Crippen LogP contribution < -0.4 is 18.9 Å². The molecule has 0 fully saturated rings. The van der Waals surface area contributed by atoms with Gasteiger partial charge in [0, 0.05) is 0 Å². The first-order valence-corrected chi connectivity index (χ1v) is 7.40. The van der Waals surface area contributed by atoms with Crippen molar-refractivity contribution < 1.29 is 28.8 Å². The molecule has 2 aromatic rings. The highest BCUT2D eigenvalue weighted by Gasteiger charge is 2.33. The van der Waals surface area contributed by atoms with Gasteiger partial charge in [0.05, 0.1) is 33.3 Å². The van der Waals surface area contributed by atoms with Gasteiger partial charge in [0.25, 0.3) is 0 Å². The van der Waals surface area contributed by atoms with E-state index in [2.05, 4.69) is 0 Å². The van der Waals surface area contributed by atoms with Crippen molar-refractivity contribution in [3.8, 4) is 28.7 Å². The quantitative estimate of drug-likeness (QED) is 0.928. The van der Waals surface area contributed by atoms with Gasteiger partial charge >= 0.3 is 0 Å². The first-order valence-electron chi connectivity index (χ1n) is 7.40. The molecule has 6 heteroatoms. The Labute approximate surface area is 139 Å². The smallest absolute Gasteiger partial charge is 0.207 e. The number of fused-ring (bicyclic) bond motifs is 1. The van der Waals surface area contributed by atoms with Crippen LogP contribution in [0.1, 0.15) is 28.4 Å². The molecule has 24 heavy (non-hydrogen) atoms. The Kier molecular flexibility index (Phi) is 4.20. The number of phenols is 1. The molecule has 1 aliphatic rings. The van der Waals surface area contributed by atoms with Gasteiger partial charge in [0.1, 0.15) is 11.9 Å². The van der Waals surface area contributed by atoms with E-state index in [1.165, 1.54) is 20.3 Å². The van der Waals surface area contributed by atoms with E-state index in [4.69, 9.17) is 18.9 Å². The molecule has 126 valence electrons.